The minimum Gasteiger partial charge on any atom is -0.474 e. The highest BCUT2D eigenvalue weighted by molar-refractivity contribution is 9.10. The molecular formula is C15H15BrN2O4. The van der Waals surface area contributed by atoms with Crippen molar-refractivity contribution >= 4 is 27.7 Å². The summed E-state index contributed by atoms with van der Waals surface area (Å²) in [6.07, 6.45) is 0.922. The van der Waals surface area contributed by atoms with E-state index >= 15 is 0 Å². The fourth-order valence-corrected chi connectivity index (χ4v) is 1.97. The van der Waals surface area contributed by atoms with E-state index in [4.69, 9.17) is 14.6 Å². The fourth-order valence-electron chi connectivity index (χ4n) is 1.64. The highest BCUT2D eigenvalue weighted by Gasteiger charge is 2.11. The van der Waals surface area contributed by atoms with E-state index < -0.39 is 6.09 Å². The van der Waals surface area contributed by atoms with Crippen molar-refractivity contribution in [3.63, 3.8) is 0 Å². The third kappa shape index (κ3) is 5.01. The Morgan fingerprint density at radius 3 is 2.82 bits per heavy atom. The minimum absolute atomic E-state index is 0.0857. The number of amides is 1. The number of anilines is 1. The van der Waals surface area contributed by atoms with E-state index in [1.165, 1.54) is 6.20 Å². The van der Waals surface area contributed by atoms with Gasteiger partial charge in [-0.15, -0.1) is 0 Å². The standard InChI is InChI=1S/C15H15BrN2O4/c16-12-8-13(14(17-9-12)21-7-6-19)18-15(20)22-10-11-4-2-1-3-5-11/h1-5,8-9,19H,6-7,10H2,(H,18,20). The molecular weight excluding hydrogens is 352 g/mol. The highest BCUT2D eigenvalue weighted by atomic mass is 79.9. The average Bonchev–Trinajstić information content (AvgIpc) is 2.53. The molecule has 2 aromatic rings. The lowest BCUT2D eigenvalue weighted by atomic mass is 10.2. The van der Waals surface area contributed by atoms with Crippen molar-refractivity contribution in [2.24, 2.45) is 0 Å². The van der Waals surface area contributed by atoms with Crippen LogP contribution in [0.4, 0.5) is 10.5 Å². The Kier molecular flexibility index (Phi) is 6.17. The van der Waals surface area contributed by atoms with Gasteiger partial charge in [-0.3, -0.25) is 5.32 Å². The third-order valence-electron chi connectivity index (χ3n) is 2.60. The summed E-state index contributed by atoms with van der Waals surface area (Å²) in [5.74, 6) is 0.217. The monoisotopic (exact) mass is 366 g/mol. The van der Waals surface area contributed by atoms with Crippen molar-refractivity contribution < 1.29 is 19.4 Å². The molecule has 1 aromatic heterocycles. The van der Waals surface area contributed by atoms with Crippen LogP contribution in [-0.4, -0.2) is 29.4 Å². The maximum Gasteiger partial charge on any atom is 0.412 e. The van der Waals surface area contributed by atoms with Crippen molar-refractivity contribution in [2.75, 3.05) is 18.5 Å². The Hall–Kier alpha value is -2.12. The van der Waals surface area contributed by atoms with Crippen LogP contribution in [0.1, 0.15) is 5.56 Å². The van der Waals surface area contributed by atoms with Crippen LogP contribution in [0.5, 0.6) is 5.88 Å². The van der Waals surface area contributed by atoms with Crippen LogP contribution in [-0.2, 0) is 11.3 Å². The lowest BCUT2D eigenvalue weighted by Crippen LogP contribution is -2.15. The molecule has 0 aliphatic heterocycles. The number of ether oxygens (including phenoxy) is 2. The Bertz CT molecular complexity index is 622. The van der Waals surface area contributed by atoms with Gasteiger partial charge in [-0.05, 0) is 27.6 Å². The number of carbonyl (C=O) groups excluding carboxylic acids is 1. The van der Waals surface area contributed by atoms with Crippen LogP contribution in [0.3, 0.4) is 0 Å². The van der Waals surface area contributed by atoms with Gasteiger partial charge in [0.2, 0.25) is 5.88 Å². The number of hydrogen-bond acceptors (Lipinski definition) is 5. The molecule has 2 N–H and O–H groups in total. The summed E-state index contributed by atoms with van der Waals surface area (Å²) >= 11 is 3.27. The molecule has 7 heteroatoms. The highest BCUT2D eigenvalue weighted by Crippen LogP contribution is 2.25. The van der Waals surface area contributed by atoms with Gasteiger partial charge >= 0.3 is 6.09 Å². The molecule has 0 fully saturated rings. The second-order valence-electron chi connectivity index (χ2n) is 4.27. The maximum atomic E-state index is 11.8. The molecule has 0 spiro atoms. The number of nitrogens with zero attached hydrogens (tertiary/aromatic N) is 1. The summed E-state index contributed by atoms with van der Waals surface area (Å²) in [6, 6.07) is 11.0. The van der Waals surface area contributed by atoms with E-state index in [1.807, 2.05) is 30.3 Å². The van der Waals surface area contributed by atoms with Crippen molar-refractivity contribution in [2.45, 2.75) is 6.61 Å². The molecule has 0 atom stereocenters. The Labute approximate surface area is 136 Å². The minimum atomic E-state index is -0.613. The second-order valence-corrected chi connectivity index (χ2v) is 5.18. The van der Waals surface area contributed by atoms with E-state index in [1.54, 1.807) is 6.07 Å². The number of benzene rings is 1. The van der Waals surface area contributed by atoms with Gasteiger partial charge in [0.25, 0.3) is 0 Å². The summed E-state index contributed by atoms with van der Waals surface area (Å²) in [5.41, 5.74) is 1.25. The number of hydrogen-bond donors (Lipinski definition) is 2. The van der Waals surface area contributed by atoms with Gasteiger partial charge in [0.1, 0.15) is 18.9 Å². The molecule has 0 aliphatic carbocycles. The number of nitrogens with one attached hydrogen (secondary N) is 1. The number of aromatic nitrogens is 1. The number of halogens is 1. The Morgan fingerprint density at radius 2 is 2.09 bits per heavy atom. The zero-order valence-electron chi connectivity index (χ0n) is 11.7. The molecule has 1 amide bonds. The van der Waals surface area contributed by atoms with Crippen molar-refractivity contribution in [3.8, 4) is 5.88 Å². The molecule has 22 heavy (non-hydrogen) atoms. The predicted octanol–water partition coefficient (Wildman–Crippen LogP) is 2.96. The van der Waals surface area contributed by atoms with Gasteiger partial charge in [-0.25, -0.2) is 9.78 Å². The van der Waals surface area contributed by atoms with Gasteiger partial charge < -0.3 is 14.6 Å². The fraction of sp³-hybridized carbons (Fsp3) is 0.200. The van der Waals surface area contributed by atoms with Gasteiger partial charge in [0.05, 0.1) is 6.61 Å². The topological polar surface area (TPSA) is 80.7 Å². The first-order valence-corrected chi connectivity index (χ1v) is 7.35. The lowest BCUT2D eigenvalue weighted by molar-refractivity contribution is 0.154. The molecule has 1 aromatic carbocycles. The molecule has 116 valence electrons. The van der Waals surface area contributed by atoms with Crippen LogP contribution < -0.4 is 10.1 Å². The normalized spacial score (nSPS) is 10.1. The molecule has 1 heterocycles. The van der Waals surface area contributed by atoms with Crippen LogP contribution in [0, 0.1) is 0 Å². The number of pyridine rings is 1. The van der Waals surface area contributed by atoms with Crippen LogP contribution in [0.25, 0.3) is 0 Å². The van der Waals surface area contributed by atoms with E-state index in [2.05, 4.69) is 26.2 Å². The van der Waals surface area contributed by atoms with Crippen LogP contribution in [0.2, 0.25) is 0 Å². The van der Waals surface area contributed by atoms with Gasteiger partial charge in [-0.2, -0.15) is 0 Å². The summed E-state index contributed by atoms with van der Waals surface area (Å²) in [4.78, 5) is 15.9. The van der Waals surface area contributed by atoms with Crippen LogP contribution in [0.15, 0.2) is 47.1 Å². The SMILES string of the molecule is O=C(Nc1cc(Br)cnc1OCCO)OCc1ccccc1. The largest absolute Gasteiger partial charge is 0.474 e. The molecule has 0 radical (unpaired) electrons. The van der Waals surface area contributed by atoms with Crippen LogP contribution >= 0.6 is 15.9 Å². The molecule has 6 nitrogen and oxygen atoms in total. The van der Waals surface area contributed by atoms with E-state index in [0.29, 0.717) is 10.2 Å². The maximum absolute atomic E-state index is 11.8. The van der Waals surface area contributed by atoms with Crippen molar-refractivity contribution in [1.29, 1.82) is 0 Å². The molecule has 0 saturated carbocycles. The molecule has 0 bridgehead atoms. The number of aliphatic hydroxyl groups is 1. The van der Waals surface area contributed by atoms with Gasteiger partial charge in [0, 0.05) is 10.7 Å². The van der Waals surface area contributed by atoms with E-state index in [0.717, 1.165) is 5.56 Å². The Morgan fingerprint density at radius 1 is 1.32 bits per heavy atom. The average molecular weight is 367 g/mol. The molecule has 2 rings (SSSR count). The number of carbonyl (C=O) groups is 1. The summed E-state index contributed by atoms with van der Waals surface area (Å²) in [6.45, 7) is 0.110. The summed E-state index contributed by atoms with van der Waals surface area (Å²) in [7, 11) is 0. The van der Waals surface area contributed by atoms with Crippen molar-refractivity contribution in [3.05, 3.63) is 52.6 Å². The smallest absolute Gasteiger partial charge is 0.412 e. The number of rotatable bonds is 6. The van der Waals surface area contributed by atoms with Crippen molar-refractivity contribution in [1.82, 2.24) is 4.98 Å². The number of aliphatic hydroxyl groups excluding tert-OH is 1. The zero-order valence-corrected chi connectivity index (χ0v) is 13.2. The van der Waals surface area contributed by atoms with E-state index in [9.17, 15) is 4.79 Å². The first kappa shape index (κ1) is 16.3. The van der Waals surface area contributed by atoms with E-state index in [-0.39, 0.29) is 25.7 Å². The second kappa shape index (κ2) is 8.35. The lowest BCUT2D eigenvalue weighted by Gasteiger charge is -2.11. The molecule has 0 unspecified atom stereocenters. The first-order valence-electron chi connectivity index (χ1n) is 6.56. The quantitative estimate of drug-likeness (QED) is 0.821. The predicted molar refractivity (Wildman–Crippen MR) is 84.8 cm³/mol. The summed E-state index contributed by atoms with van der Waals surface area (Å²) in [5, 5.41) is 11.4. The zero-order chi connectivity index (χ0) is 15.8. The third-order valence-corrected chi connectivity index (χ3v) is 3.03. The Balaban J connectivity index is 1.96. The summed E-state index contributed by atoms with van der Waals surface area (Å²) < 4.78 is 11.1. The first-order chi connectivity index (χ1) is 10.7. The molecule has 0 aliphatic rings. The van der Waals surface area contributed by atoms with Gasteiger partial charge in [-0.1, -0.05) is 30.3 Å². The molecule has 0 saturated heterocycles. The van der Waals surface area contributed by atoms with Gasteiger partial charge in [0.15, 0.2) is 0 Å².